The van der Waals surface area contributed by atoms with Crippen molar-refractivity contribution in [1.82, 2.24) is 14.6 Å². The molecule has 0 radical (unpaired) electrons. The number of rotatable bonds is 1. The minimum atomic E-state index is -0.417. The molecule has 104 valence electrons. The molecule has 0 aliphatic carbocycles. The zero-order valence-electron chi connectivity index (χ0n) is 11.0. The van der Waals surface area contributed by atoms with Crippen LogP contribution in [0.15, 0.2) is 36.8 Å². The molecule has 8 nitrogen and oxygen atoms in total. The van der Waals surface area contributed by atoms with Gasteiger partial charge in [0.2, 0.25) is 0 Å². The van der Waals surface area contributed by atoms with E-state index in [9.17, 15) is 10.0 Å². The van der Waals surface area contributed by atoms with E-state index in [1.165, 1.54) is 24.3 Å². The van der Waals surface area contributed by atoms with Crippen molar-refractivity contribution in [3.8, 4) is 5.82 Å². The van der Waals surface area contributed by atoms with E-state index in [1.54, 1.807) is 29.1 Å². The van der Waals surface area contributed by atoms with Gasteiger partial charge in [-0.15, -0.1) is 0 Å². The zero-order chi connectivity index (χ0) is 14.6. The molecule has 1 unspecified atom stereocenters. The fourth-order valence-corrected chi connectivity index (χ4v) is 2.51. The number of carbonyl (C=O) groups excluding carboxylic acids is 1. The molecular weight excluding hydrogens is 274 g/mol. The third-order valence-electron chi connectivity index (χ3n) is 3.44. The van der Waals surface area contributed by atoms with Crippen molar-refractivity contribution in [2.45, 2.75) is 0 Å². The largest absolute Gasteiger partial charge is 0.567 e. The number of hydrogen-bond donors (Lipinski definition) is 1. The third kappa shape index (κ3) is 1.51. The minimum absolute atomic E-state index is 0.242. The van der Waals surface area contributed by atoms with Gasteiger partial charge in [-0.3, -0.25) is 0 Å². The second-order valence-electron chi connectivity index (χ2n) is 4.58. The van der Waals surface area contributed by atoms with E-state index >= 15 is 0 Å². The summed E-state index contributed by atoms with van der Waals surface area (Å²) >= 11 is 0. The Kier molecular flexibility index (Phi) is 2.32. The maximum Gasteiger partial charge on any atom is 0.337 e. The highest BCUT2D eigenvalue weighted by molar-refractivity contribution is 5.94. The lowest BCUT2D eigenvalue weighted by molar-refractivity contribution is -1.37. The molecule has 0 bridgehead atoms. The molecule has 1 N–H and O–H groups in total. The number of esters is 1. The number of nitrogens with zero attached hydrogens (tertiary/aromatic N) is 4. The molecule has 0 amide bonds. The van der Waals surface area contributed by atoms with E-state index in [-0.39, 0.29) is 5.17 Å². The second-order valence-corrected chi connectivity index (χ2v) is 4.58. The summed E-state index contributed by atoms with van der Waals surface area (Å²) in [6.45, 7) is 0. The molecule has 0 saturated heterocycles. The molecule has 3 heterocycles. The quantitative estimate of drug-likeness (QED) is 0.362. The summed E-state index contributed by atoms with van der Waals surface area (Å²) in [4.78, 5) is 21.3. The lowest BCUT2D eigenvalue weighted by Gasteiger charge is -2.02. The monoisotopic (exact) mass is 284 g/mol. The summed E-state index contributed by atoms with van der Waals surface area (Å²) in [6, 6.07) is 5.10. The van der Waals surface area contributed by atoms with Gasteiger partial charge in [-0.05, 0) is 22.9 Å². The number of carbonyl (C=O) groups is 1. The van der Waals surface area contributed by atoms with Crippen LogP contribution in [0.1, 0.15) is 10.4 Å². The van der Waals surface area contributed by atoms with Crippen molar-refractivity contribution in [3.05, 3.63) is 47.6 Å². The normalized spacial score (nSPS) is 15.8. The minimum Gasteiger partial charge on any atom is -0.567 e. The van der Waals surface area contributed by atoms with Crippen LogP contribution in [0.5, 0.6) is 0 Å². The van der Waals surface area contributed by atoms with Crippen molar-refractivity contribution < 1.29 is 19.5 Å². The lowest BCUT2D eigenvalue weighted by Crippen LogP contribution is -3.18. The predicted molar refractivity (Wildman–Crippen MR) is 69.8 cm³/mol. The molecule has 1 aromatic carbocycles. The van der Waals surface area contributed by atoms with Gasteiger partial charge in [0.05, 0.1) is 29.0 Å². The van der Waals surface area contributed by atoms with E-state index in [0.29, 0.717) is 17.2 Å². The second kappa shape index (κ2) is 4.08. The van der Waals surface area contributed by atoms with Crippen molar-refractivity contribution >= 4 is 22.7 Å². The van der Waals surface area contributed by atoms with E-state index in [0.717, 1.165) is 10.9 Å². The van der Waals surface area contributed by atoms with Gasteiger partial charge < -0.3 is 9.94 Å². The van der Waals surface area contributed by atoms with Crippen LogP contribution < -0.4 is 9.96 Å². The van der Waals surface area contributed by atoms with Gasteiger partial charge in [0.25, 0.3) is 12.0 Å². The highest BCUT2D eigenvalue weighted by Gasteiger charge is 2.38. The molecule has 21 heavy (non-hydrogen) atoms. The average Bonchev–Trinajstić information content (AvgIpc) is 3.03. The van der Waals surface area contributed by atoms with Crippen LogP contribution in [0.4, 0.5) is 5.82 Å². The topological polar surface area (TPSA) is 88.4 Å². The number of methoxy groups -OCH3 is 1. The molecule has 0 spiro atoms. The van der Waals surface area contributed by atoms with E-state index in [2.05, 4.69) is 9.97 Å². The van der Waals surface area contributed by atoms with Gasteiger partial charge >= 0.3 is 11.8 Å². The third-order valence-corrected chi connectivity index (χ3v) is 3.44. The van der Waals surface area contributed by atoms with E-state index in [1.807, 2.05) is 0 Å². The number of quaternary nitrogens is 1. The van der Waals surface area contributed by atoms with Gasteiger partial charge in [0.15, 0.2) is 0 Å². The standard InChI is InChI=1S/C13H10N5O3/c1-21-13(19)8-2-3-10-9(6-8)7-16-17(10)11-12(18(16)20)15-5-4-14-11/h2-7,18H,1H3/q+1. The molecule has 1 aliphatic heterocycles. The molecule has 0 saturated carbocycles. The van der Waals surface area contributed by atoms with E-state index in [4.69, 9.17) is 4.74 Å². The first-order valence-electron chi connectivity index (χ1n) is 6.22. The van der Waals surface area contributed by atoms with Crippen LogP contribution in [-0.4, -0.2) is 27.7 Å². The first-order valence-corrected chi connectivity index (χ1v) is 6.22. The van der Waals surface area contributed by atoms with Crippen LogP contribution in [0.2, 0.25) is 0 Å². The fraction of sp³-hybridized carbons (Fsp3) is 0.0769. The van der Waals surface area contributed by atoms with Gasteiger partial charge in [-0.25, -0.2) is 9.78 Å². The first-order chi connectivity index (χ1) is 10.2. The molecular formula is C13H10N5O3+. The van der Waals surface area contributed by atoms with Crippen LogP contribution >= 0.6 is 0 Å². The van der Waals surface area contributed by atoms with Gasteiger partial charge in [-0.2, -0.15) is 4.98 Å². The number of aromatic nitrogens is 4. The van der Waals surface area contributed by atoms with Crippen molar-refractivity contribution in [2.75, 3.05) is 7.11 Å². The molecule has 1 atom stereocenters. The van der Waals surface area contributed by atoms with Gasteiger partial charge in [-0.1, -0.05) is 5.17 Å². The summed E-state index contributed by atoms with van der Waals surface area (Å²) < 4.78 is 6.38. The number of ether oxygens (including phenoxy) is 1. The Hall–Kier alpha value is -2.84. The Morgan fingerprint density at radius 2 is 2.19 bits per heavy atom. The molecule has 8 heteroatoms. The van der Waals surface area contributed by atoms with Crippen molar-refractivity contribution in [2.24, 2.45) is 0 Å². The summed E-state index contributed by atoms with van der Waals surface area (Å²) in [6.07, 6.45) is 4.69. The summed E-state index contributed by atoms with van der Waals surface area (Å²) in [7, 11) is 1.33. The highest BCUT2D eigenvalue weighted by atomic mass is 16.6. The Morgan fingerprint density at radius 3 is 3.00 bits per heavy atom. The van der Waals surface area contributed by atoms with Crippen molar-refractivity contribution in [1.29, 1.82) is 0 Å². The Balaban J connectivity index is 1.98. The average molecular weight is 284 g/mol. The van der Waals surface area contributed by atoms with Gasteiger partial charge in [0, 0.05) is 6.20 Å². The van der Waals surface area contributed by atoms with Crippen LogP contribution in [-0.2, 0) is 4.74 Å². The van der Waals surface area contributed by atoms with E-state index < -0.39 is 5.97 Å². The Morgan fingerprint density at radius 1 is 1.38 bits per heavy atom. The number of benzene rings is 1. The van der Waals surface area contributed by atoms with Crippen LogP contribution in [0.25, 0.3) is 16.7 Å². The number of hydrogen-bond acceptors (Lipinski definition) is 5. The molecule has 1 aliphatic rings. The first kappa shape index (κ1) is 11.9. The zero-order valence-corrected chi connectivity index (χ0v) is 11.0. The highest BCUT2D eigenvalue weighted by Crippen LogP contribution is 2.21. The summed E-state index contributed by atoms with van der Waals surface area (Å²) in [5.41, 5.74) is 1.21. The number of fused-ring (bicyclic) bond motifs is 5. The smallest absolute Gasteiger partial charge is 0.337 e. The van der Waals surface area contributed by atoms with Gasteiger partial charge in [0.1, 0.15) is 5.52 Å². The summed E-state index contributed by atoms with van der Waals surface area (Å²) in [5, 5.41) is 12.8. The maximum atomic E-state index is 12.3. The van der Waals surface area contributed by atoms with Crippen LogP contribution in [0, 0.1) is 5.21 Å². The lowest BCUT2D eigenvalue weighted by atomic mass is 10.1. The maximum absolute atomic E-state index is 12.3. The molecule has 3 aromatic rings. The Labute approximate surface area is 118 Å². The molecule has 2 aromatic heterocycles. The molecule has 0 fully saturated rings. The Bertz CT molecular complexity index is 889. The SMILES string of the molecule is COC(=O)c1ccc2c(c1)c[n+]1n2-c2nccnc2[NH+]1[O-]. The summed E-state index contributed by atoms with van der Waals surface area (Å²) in [5.74, 6) is 0.388. The predicted octanol–water partition coefficient (Wildman–Crippen LogP) is -0.715. The van der Waals surface area contributed by atoms with Crippen molar-refractivity contribution in [3.63, 3.8) is 0 Å². The van der Waals surface area contributed by atoms with Crippen LogP contribution in [0.3, 0.4) is 0 Å². The fourth-order valence-electron chi connectivity index (χ4n) is 2.51. The molecule has 4 rings (SSSR count). The number of nitrogens with one attached hydrogen (secondary N) is 1.